The molecule has 2 aromatic carbocycles. The molecule has 1 fully saturated rings. The van der Waals surface area contributed by atoms with Crippen LogP contribution in [0.15, 0.2) is 53.4 Å². The number of hydrogen-bond donors (Lipinski definition) is 1. The molecule has 7 nitrogen and oxygen atoms in total. The van der Waals surface area contributed by atoms with Gasteiger partial charge in [-0.1, -0.05) is 36.0 Å². The van der Waals surface area contributed by atoms with E-state index >= 15 is 0 Å². The Labute approximate surface area is 185 Å². The van der Waals surface area contributed by atoms with Crippen LogP contribution in [-0.4, -0.2) is 43.8 Å². The quantitative estimate of drug-likeness (QED) is 0.562. The summed E-state index contributed by atoms with van der Waals surface area (Å²) in [6.45, 7) is 1.02. The van der Waals surface area contributed by atoms with Crippen molar-refractivity contribution in [2.24, 2.45) is 0 Å². The molecule has 0 saturated carbocycles. The number of aromatic nitrogens is 1. The first kappa shape index (κ1) is 21.5. The second-order valence-corrected chi connectivity index (χ2v) is 10.1. The largest absolute Gasteiger partial charge is 0.495 e. The predicted octanol–water partition coefficient (Wildman–Crippen LogP) is 4.13. The van der Waals surface area contributed by atoms with Gasteiger partial charge in [-0.25, -0.2) is 13.4 Å². The summed E-state index contributed by atoms with van der Waals surface area (Å²) in [6, 6.07) is 12.5. The molecule has 2 heterocycles. The number of carbonyl (C=O) groups excluding carboxylic acids is 1. The van der Waals surface area contributed by atoms with Gasteiger partial charge < -0.3 is 4.74 Å². The first-order valence-corrected chi connectivity index (χ1v) is 12.3. The summed E-state index contributed by atoms with van der Waals surface area (Å²) in [4.78, 5) is 16.8. The number of carbonyl (C=O) groups is 1. The molecule has 1 aliphatic heterocycles. The van der Waals surface area contributed by atoms with E-state index in [0.717, 1.165) is 29.5 Å². The van der Waals surface area contributed by atoms with Crippen molar-refractivity contribution < 1.29 is 17.9 Å². The van der Waals surface area contributed by atoms with Crippen LogP contribution in [0.2, 0.25) is 0 Å². The lowest BCUT2D eigenvalue weighted by atomic mass is 10.2. The monoisotopic (exact) mass is 457 g/mol. The van der Waals surface area contributed by atoms with Crippen LogP contribution in [0.3, 0.4) is 0 Å². The molecule has 1 N–H and O–H groups in total. The van der Waals surface area contributed by atoms with E-state index in [1.807, 2.05) is 24.3 Å². The second kappa shape index (κ2) is 9.17. The Morgan fingerprint density at radius 2 is 1.94 bits per heavy atom. The van der Waals surface area contributed by atoms with Gasteiger partial charge in [0.25, 0.3) is 0 Å². The molecule has 162 valence electrons. The second-order valence-electron chi connectivity index (χ2n) is 7.18. The molecule has 1 aromatic heterocycles. The van der Waals surface area contributed by atoms with Crippen molar-refractivity contribution in [1.82, 2.24) is 9.29 Å². The van der Waals surface area contributed by atoms with Crippen molar-refractivity contribution in [3.8, 4) is 5.75 Å². The van der Waals surface area contributed by atoms with Crippen LogP contribution in [0, 0.1) is 0 Å². The van der Waals surface area contributed by atoms with Crippen molar-refractivity contribution >= 4 is 48.7 Å². The molecule has 31 heavy (non-hydrogen) atoms. The number of anilines is 1. The summed E-state index contributed by atoms with van der Waals surface area (Å²) in [6.07, 6.45) is 5.69. The van der Waals surface area contributed by atoms with E-state index in [0.29, 0.717) is 29.5 Å². The van der Waals surface area contributed by atoms with Gasteiger partial charge >= 0.3 is 0 Å². The SMILES string of the molecule is COc1ccc(/C=C/C(=O)Nc2nc3ccccc3s2)cc1S(=O)(=O)N1CCCCC1. The molecule has 1 amide bonds. The van der Waals surface area contributed by atoms with Gasteiger partial charge in [-0.15, -0.1) is 0 Å². The lowest BCUT2D eigenvalue weighted by Gasteiger charge is -2.26. The average Bonchev–Trinajstić information content (AvgIpc) is 3.20. The van der Waals surface area contributed by atoms with Crippen LogP contribution in [0.4, 0.5) is 5.13 Å². The van der Waals surface area contributed by atoms with Gasteiger partial charge in [0.2, 0.25) is 15.9 Å². The van der Waals surface area contributed by atoms with Crippen LogP contribution < -0.4 is 10.1 Å². The molecule has 0 unspecified atom stereocenters. The fraction of sp³-hybridized carbons (Fsp3) is 0.273. The molecule has 1 saturated heterocycles. The van der Waals surface area contributed by atoms with Gasteiger partial charge in [-0.05, 0) is 48.7 Å². The minimum Gasteiger partial charge on any atom is -0.495 e. The van der Waals surface area contributed by atoms with Crippen molar-refractivity contribution in [2.45, 2.75) is 24.2 Å². The number of benzene rings is 2. The highest BCUT2D eigenvalue weighted by atomic mass is 32.2. The maximum Gasteiger partial charge on any atom is 0.250 e. The van der Waals surface area contributed by atoms with Gasteiger partial charge in [0, 0.05) is 19.2 Å². The predicted molar refractivity (Wildman–Crippen MR) is 123 cm³/mol. The van der Waals surface area contributed by atoms with E-state index in [-0.39, 0.29) is 10.8 Å². The van der Waals surface area contributed by atoms with Crippen molar-refractivity contribution in [3.63, 3.8) is 0 Å². The van der Waals surface area contributed by atoms with Crippen molar-refractivity contribution in [3.05, 3.63) is 54.1 Å². The first-order chi connectivity index (χ1) is 15.0. The molecule has 9 heteroatoms. The van der Waals surface area contributed by atoms with Gasteiger partial charge in [-0.2, -0.15) is 4.31 Å². The average molecular weight is 458 g/mol. The van der Waals surface area contributed by atoms with E-state index in [1.165, 1.54) is 28.8 Å². The number of hydrogen-bond acceptors (Lipinski definition) is 6. The summed E-state index contributed by atoms with van der Waals surface area (Å²) >= 11 is 1.40. The number of fused-ring (bicyclic) bond motifs is 1. The number of nitrogens with zero attached hydrogens (tertiary/aromatic N) is 2. The van der Waals surface area contributed by atoms with Gasteiger partial charge in [0.15, 0.2) is 5.13 Å². The van der Waals surface area contributed by atoms with Crippen molar-refractivity contribution in [1.29, 1.82) is 0 Å². The van der Waals surface area contributed by atoms with Crippen LogP contribution in [0.1, 0.15) is 24.8 Å². The van der Waals surface area contributed by atoms with Crippen molar-refractivity contribution in [2.75, 3.05) is 25.5 Å². The standard InChI is InChI=1S/C22H23N3O4S2/c1-29-18-11-9-16(15-20(18)31(27,28)25-13-5-2-6-14-25)10-12-21(26)24-22-23-17-7-3-4-8-19(17)30-22/h3-4,7-12,15H,2,5-6,13-14H2,1H3,(H,23,24,26)/b12-10+. The number of piperidine rings is 1. The molecule has 1 aliphatic rings. The van der Waals surface area contributed by atoms with E-state index in [4.69, 9.17) is 4.74 Å². The minimum atomic E-state index is -3.66. The number of ether oxygens (including phenoxy) is 1. The zero-order valence-corrected chi connectivity index (χ0v) is 18.7. The fourth-order valence-corrected chi connectivity index (χ4v) is 6.06. The normalized spacial score (nSPS) is 15.4. The van der Waals surface area contributed by atoms with E-state index < -0.39 is 10.0 Å². The van der Waals surface area contributed by atoms with E-state index in [9.17, 15) is 13.2 Å². The van der Waals surface area contributed by atoms with Crippen LogP contribution in [0.25, 0.3) is 16.3 Å². The number of methoxy groups -OCH3 is 1. The molecule has 4 rings (SSSR count). The third-order valence-corrected chi connectivity index (χ3v) is 7.94. The molecular weight excluding hydrogens is 434 g/mol. The Bertz CT molecular complexity index is 1200. The third-order valence-electron chi connectivity index (χ3n) is 5.07. The van der Waals surface area contributed by atoms with Crippen LogP contribution in [-0.2, 0) is 14.8 Å². The third kappa shape index (κ3) is 4.79. The molecule has 0 atom stereocenters. The topological polar surface area (TPSA) is 88.6 Å². The Balaban J connectivity index is 1.53. The van der Waals surface area contributed by atoms with Gasteiger partial charge in [0.1, 0.15) is 10.6 Å². The fourth-order valence-electron chi connectivity index (χ4n) is 3.49. The Morgan fingerprint density at radius 1 is 1.16 bits per heavy atom. The number of para-hydroxylation sites is 1. The molecular formula is C22H23N3O4S2. The molecule has 0 bridgehead atoms. The van der Waals surface area contributed by atoms with Gasteiger partial charge in [0.05, 0.1) is 17.3 Å². The van der Waals surface area contributed by atoms with Crippen LogP contribution >= 0.6 is 11.3 Å². The zero-order chi connectivity index (χ0) is 21.8. The summed E-state index contributed by atoms with van der Waals surface area (Å²) in [5.41, 5.74) is 1.42. The highest BCUT2D eigenvalue weighted by Gasteiger charge is 2.29. The number of nitrogens with one attached hydrogen (secondary N) is 1. The van der Waals surface area contributed by atoms with E-state index in [2.05, 4.69) is 10.3 Å². The van der Waals surface area contributed by atoms with E-state index in [1.54, 1.807) is 24.3 Å². The number of rotatable bonds is 6. The summed E-state index contributed by atoms with van der Waals surface area (Å²) in [5.74, 6) is -0.0445. The maximum absolute atomic E-state index is 13.1. The highest BCUT2D eigenvalue weighted by molar-refractivity contribution is 7.89. The molecule has 3 aromatic rings. The molecule has 0 aliphatic carbocycles. The summed E-state index contributed by atoms with van der Waals surface area (Å²) in [5, 5.41) is 3.26. The van der Waals surface area contributed by atoms with Gasteiger partial charge in [-0.3, -0.25) is 10.1 Å². The number of thiazole rings is 1. The lowest BCUT2D eigenvalue weighted by Crippen LogP contribution is -2.35. The smallest absolute Gasteiger partial charge is 0.250 e. The molecule has 0 spiro atoms. The first-order valence-electron chi connectivity index (χ1n) is 10.0. The lowest BCUT2D eigenvalue weighted by molar-refractivity contribution is -0.111. The van der Waals surface area contributed by atoms with Crippen LogP contribution in [0.5, 0.6) is 5.75 Å². The maximum atomic E-state index is 13.1. The summed E-state index contributed by atoms with van der Waals surface area (Å²) < 4.78 is 34.0. The Morgan fingerprint density at radius 3 is 2.68 bits per heavy atom. The number of sulfonamides is 1. The Hall–Kier alpha value is -2.75. The highest BCUT2D eigenvalue weighted by Crippen LogP contribution is 2.30. The summed E-state index contributed by atoms with van der Waals surface area (Å²) in [7, 11) is -2.21. The molecule has 0 radical (unpaired) electrons. The number of amides is 1. The Kier molecular flexibility index (Phi) is 6.35. The zero-order valence-electron chi connectivity index (χ0n) is 17.1. The minimum absolute atomic E-state index is 0.116.